The number of sulfonamides is 1. The average molecular weight is 550 g/mol. The highest BCUT2D eigenvalue weighted by Gasteiger charge is 2.32. The van der Waals surface area contributed by atoms with E-state index in [-0.39, 0.29) is 23.4 Å². The van der Waals surface area contributed by atoms with Crippen molar-refractivity contribution in [2.75, 3.05) is 10.8 Å². The zero-order valence-electron chi connectivity index (χ0n) is 23.6. The van der Waals surface area contributed by atoms with Crippen molar-refractivity contribution in [1.29, 1.82) is 0 Å². The van der Waals surface area contributed by atoms with Crippen LogP contribution >= 0.6 is 0 Å². The van der Waals surface area contributed by atoms with Gasteiger partial charge in [-0.3, -0.25) is 13.9 Å². The van der Waals surface area contributed by atoms with E-state index in [9.17, 15) is 18.0 Å². The zero-order chi connectivity index (χ0) is 28.7. The molecule has 0 aliphatic rings. The molecular weight excluding hydrogens is 510 g/mol. The van der Waals surface area contributed by atoms with Gasteiger partial charge in [0.2, 0.25) is 11.8 Å². The molecule has 0 aromatic heterocycles. The van der Waals surface area contributed by atoms with Crippen LogP contribution in [-0.4, -0.2) is 43.8 Å². The number of hydrogen-bond donors (Lipinski definition) is 1. The van der Waals surface area contributed by atoms with E-state index in [0.29, 0.717) is 5.69 Å². The largest absolute Gasteiger partial charge is 0.352 e. The molecule has 0 aliphatic heterocycles. The topological polar surface area (TPSA) is 86.8 Å². The molecule has 0 saturated carbocycles. The quantitative estimate of drug-likeness (QED) is 0.359. The number of carbonyl (C=O) groups excluding carboxylic acids is 2. The van der Waals surface area contributed by atoms with E-state index in [0.717, 1.165) is 33.0 Å². The summed E-state index contributed by atoms with van der Waals surface area (Å²) in [5, 5.41) is 2.95. The summed E-state index contributed by atoms with van der Waals surface area (Å²) in [5.74, 6) is -0.756. The summed E-state index contributed by atoms with van der Waals surface area (Å²) in [5.41, 5.74) is 4.16. The van der Waals surface area contributed by atoms with E-state index < -0.39 is 28.5 Å². The van der Waals surface area contributed by atoms with Gasteiger partial charge in [0.1, 0.15) is 12.6 Å². The number of benzene rings is 3. The number of nitrogens with one attached hydrogen (secondary N) is 1. The minimum atomic E-state index is -4.08. The number of hydrogen-bond acceptors (Lipinski definition) is 4. The molecule has 2 amide bonds. The lowest BCUT2D eigenvalue weighted by Gasteiger charge is -2.32. The Hall–Kier alpha value is -3.65. The number of carbonyl (C=O) groups is 2. The predicted octanol–water partition coefficient (Wildman–Crippen LogP) is 5.14. The first-order chi connectivity index (χ1) is 18.4. The highest BCUT2D eigenvalue weighted by Crippen LogP contribution is 2.25. The predicted molar refractivity (Wildman–Crippen MR) is 156 cm³/mol. The van der Waals surface area contributed by atoms with Crippen LogP contribution in [0.4, 0.5) is 5.69 Å². The Morgan fingerprint density at radius 1 is 0.846 bits per heavy atom. The number of amides is 2. The second kappa shape index (κ2) is 12.9. The zero-order valence-corrected chi connectivity index (χ0v) is 24.5. The maximum atomic E-state index is 14.0. The van der Waals surface area contributed by atoms with E-state index in [1.54, 1.807) is 43.3 Å². The van der Waals surface area contributed by atoms with Gasteiger partial charge in [-0.25, -0.2) is 8.42 Å². The van der Waals surface area contributed by atoms with Crippen molar-refractivity contribution in [2.45, 2.75) is 71.5 Å². The minimum absolute atomic E-state index is 0.0538. The van der Waals surface area contributed by atoms with Crippen molar-refractivity contribution in [1.82, 2.24) is 10.2 Å². The molecule has 0 radical (unpaired) electrons. The first-order valence-electron chi connectivity index (χ1n) is 13.2. The number of aryl methyl sites for hydroxylation is 3. The van der Waals surface area contributed by atoms with Gasteiger partial charge in [0.15, 0.2) is 0 Å². The van der Waals surface area contributed by atoms with Gasteiger partial charge >= 0.3 is 0 Å². The molecule has 8 heteroatoms. The SMILES string of the molecule is CC[C@H](C)NC(=O)[C@H](C)N(Cc1cccc(C)c1)C(=O)CN(c1ccc(C)cc1)S(=O)(=O)c1ccc(C)cc1. The third-order valence-corrected chi connectivity index (χ3v) is 8.60. The first-order valence-corrected chi connectivity index (χ1v) is 14.7. The molecular formula is C31H39N3O4S. The Morgan fingerprint density at radius 2 is 1.44 bits per heavy atom. The third-order valence-electron chi connectivity index (χ3n) is 6.81. The monoisotopic (exact) mass is 549 g/mol. The van der Waals surface area contributed by atoms with Crippen LogP contribution in [-0.2, 0) is 26.2 Å². The van der Waals surface area contributed by atoms with Crippen molar-refractivity contribution in [3.8, 4) is 0 Å². The van der Waals surface area contributed by atoms with E-state index in [1.165, 1.54) is 4.90 Å². The van der Waals surface area contributed by atoms with Crippen LogP contribution in [0, 0.1) is 20.8 Å². The van der Waals surface area contributed by atoms with Crippen molar-refractivity contribution >= 4 is 27.5 Å². The summed E-state index contributed by atoms with van der Waals surface area (Å²) in [6.45, 7) is 11.0. The summed E-state index contributed by atoms with van der Waals surface area (Å²) in [6.07, 6.45) is 0.750. The van der Waals surface area contributed by atoms with Gasteiger partial charge in [-0.05, 0) is 70.9 Å². The summed E-state index contributed by atoms with van der Waals surface area (Å²) in [7, 11) is -4.08. The summed E-state index contributed by atoms with van der Waals surface area (Å²) in [4.78, 5) is 28.6. The molecule has 208 valence electrons. The first kappa shape index (κ1) is 29.9. The van der Waals surface area contributed by atoms with Crippen molar-refractivity contribution in [2.24, 2.45) is 0 Å². The smallest absolute Gasteiger partial charge is 0.264 e. The second-order valence-corrected chi connectivity index (χ2v) is 12.0. The summed E-state index contributed by atoms with van der Waals surface area (Å²) in [6, 6.07) is 20.4. The van der Waals surface area contributed by atoms with Crippen LogP contribution in [0.1, 0.15) is 49.4 Å². The van der Waals surface area contributed by atoms with Gasteiger partial charge in [-0.15, -0.1) is 0 Å². The number of rotatable bonds is 11. The standard InChI is InChI=1S/C31H39N3O4S/c1-7-25(5)32-31(36)26(6)33(20-27-10-8-9-24(4)19-27)30(35)21-34(28-15-11-22(2)12-16-28)39(37,38)29-17-13-23(3)14-18-29/h8-19,25-26H,7,20-21H2,1-6H3,(H,32,36)/t25-,26-/m0/s1. The fraction of sp³-hybridized carbons (Fsp3) is 0.355. The molecule has 1 N–H and O–H groups in total. The molecule has 3 aromatic carbocycles. The molecule has 0 saturated heterocycles. The van der Waals surface area contributed by atoms with Crippen LogP contribution in [0.25, 0.3) is 0 Å². The molecule has 3 rings (SSSR count). The van der Waals surface area contributed by atoms with Gasteiger partial charge in [0, 0.05) is 12.6 Å². The van der Waals surface area contributed by atoms with E-state index in [1.807, 2.05) is 71.0 Å². The molecule has 0 fully saturated rings. The highest BCUT2D eigenvalue weighted by molar-refractivity contribution is 7.92. The van der Waals surface area contributed by atoms with Crippen LogP contribution < -0.4 is 9.62 Å². The maximum absolute atomic E-state index is 14.0. The maximum Gasteiger partial charge on any atom is 0.264 e. The Morgan fingerprint density at radius 3 is 2.00 bits per heavy atom. The molecule has 0 bridgehead atoms. The molecule has 2 atom stereocenters. The van der Waals surface area contributed by atoms with Crippen LogP contribution in [0.5, 0.6) is 0 Å². The van der Waals surface area contributed by atoms with Crippen LogP contribution in [0.2, 0.25) is 0 Å². The van der Waals surface area contributed by atoms with Crippen LogP contribution in [0.3, 0.4) is 0 Å². The minimum Gasteiger partial charge on any atom is -0.352 e. The lowest BCUT2D eigenvalue weighted by molar-refractivity contribution is -0.139. The Bertz CT molecular complexity index is 1390. The molecule has 3 aromatic rings. The summed E-state index contributed by atoms with van der Waals surface area (Å²) < 4.78 is 28.8. The summed E-state index contributed by atoms with van der Waals surface area (Å²) >= 11 is 0. The van der Waals surface area contributed by atoms with E-state index in [2.05, 4.69) is 5.32 Å². The van der Waals surface area contributed by atoms with Crippen molar-refractivity contribution in [3.63, 3.8) is 0 Å². The number of nitrogens with zero attached hydrogens (tertiary/aromatic N) is 2. The molecule has 0 heterocycles. The lowest BCUT2D eigenvalue weighted by atomic mass is 10.1. The Labute approximate surface area is 232 Å². The van der Waals surface area contributed by atoms with Gasteiger partial charge in [0.05, 0.1) is 10.6 Å². The normalized spacial score (nSPS) is 12.9. The molecule has 7 nitrogen and oxygen atoms in total. The average Bonchev–Trinajstić information content (AvgIpc) is 2.90. The molecule has 0 spiro atoms. The van der Waals surface area contributed by atoms with Crippen molar-refractivity contribution < 1.29 is 18.0 Å². The van der Waals surface area contributed by atoms with Gasteiger partial charge in [-0.2, -0.15) is 0 Å². The van der Waals surface area contributed by atoms with E-state index in [4.69, 9.17) is 0 Å². The fourth-order valence-corrected chi connectivity index (χ4v) is 5.55. The Balaban J connectivity index is 2.02. The Kier molecular flexibility index (Phi) is 9.92. The fourth-order valence-electron chi connectivity index (χ4n) is 4.13. The van der Waals surface area contributed by atoms with Crippen molar-refractivity contribution in [3.05, 3.63) is 95.1 Å². The van der Waals surface area contributed by atoms with Gasteiger partial charge in [0.25, 0.3) is 10.0 Å². The van der Waals surface area contributed by atoms with Crippen LogP contribution in [0.15, 0.2) is 77.7 Å². The third kappa shape index (κ3) is 7.69. The van der Waals surface area contributed by atoms with Gasteiger partial charge < -0.3 is 10.2 Å². The highest BCUT2D eigenvalue weighted by atomic mass is 32.2. The van der Waals surface area contributed by atoms with E-state index >= 15 is 0 Å². The molecule has 0 aliphatic carbocycles. The lowest BCUT2D eigenvalue weighted by Crippen LogP contribution is -2.52. The molecule has 0 unspecified atom stereocenters. The second-order valence-electron chi connectivity index (χ2n) is 10.2. The molecule has 39 heavy (non-hydrogen) atoms. The number of anilines is 1. The van der Waals surface area contributed by atoms with Gasteiger partial charge in [-0.1, -0.05) is 72.1 Å².